The Bertz CT molecular complexity index is 737. The van der Waals surface area contributed by atoms with Crippen LogP contribution < -0.4 is 15.8 Å². The number of hydrogen-bond acceptors (Lipinski definition) is 3. The third-order valence-electron chi connectivity index (χ3n) is 4.69. The fraction of sp³-hybridized carbons (Fsp3) is 0.333. The first-order chi connectivity index (χ1) is 13.1. The van der Waals surface area contributed by atoms with Gasteiger partial charge in [0.25, 0.3) is 0 Å². The second-order valence-electron chi connectivity index (χ2n) is 6.89. The Kier molecular flexibility index (Phi) is 8.50. The van der Waals surface area contributed by atoms with Crippen LogP contribution in [0.1, 0.15) is 42.4 Å². The fourth-order valence-electron chi connectivity index (χ4n) is 3.09. The summed E-state index contributed by atoms with van der Waals surface area (Å²) in [6.07, 6.45) is 6.56. The van der Waals surface area contributed by atoms with Gasteiger partial charge in [-0.15, -0.1) is 0 Å². The summed E-state index contributed by atoms with van der Waals surface area (Å²) in [5.41, 5.74) is 11.1. The molecule has 27 heavy (non-hydrogen) atoms. The summed E-state index contributed by atoms with van der Waals surface area (Å²) < 4.78 is 5.33. The minimum Gasteiger partial charge on any atom is -0.496 e. The van der Waals surface area contributed by atoms with Crippen molar-refractivity contribution in [3.8, 4) is 5.75 Å². The normalized spacial score (nSPS) is 10.4. The van der Waals surface area contributed by atoms with E-state index in [1.807, 2.05) is 6.07 Å². The highest BCUT2D eigenvalue weighted by atomic mass is 16.5. The average Bonchev–Trinajstić information content (AvgIpc) is 2.69. The lowest BCUT2D eigenvalue weighted by Crippen LogP contribution is -2.14. The number of aryl methyl sites for hydroxylation is 2. The molecule has 0 amide bonds. The van der Waals surface area contributed by atoms with Crippen LogP contribution in [0.3, 0.4) is 0 Å². The van der Waals surface area contributed by atoms with Gasteiger partial charge in [0, 0.05) is 23.5 Å². The van der Waals surface area contributed by atoms with Gasteiger partial charge in [0.2, 0.25) is 0 Å². The number of allylic oxidation sites excluding steroid dienone is 1. The van der Waals surface area contributed by atoms with Gasteiger partial charge in [-0.05, 0) is 55.4 Å². The van der Waals surface area contributed by atoms with Crippen LogP contribution in [0, 0.1) is 0 Å². The molecule has 0 aliphatic heterocycles. The van der Waals surface area contributed by atoms with Crippen molar-refractivity contribution in [1.29, 1.82) is 0 Å². The van der Waals surface area contributed by atoms with E-state index in [-0.39, 0.29) is 0 Å². The molecule has 0 aliphatic carbocycles. The Hall–Kier alpha value is -2.68. The number of hydrogen-bond donors (Lipinski definition) is 2. The summed E-state index contributed by atoms with van der Waals surface area (Å²) >= 11 is 0. The van der Waals surface area contributed by atoms with Gasteiger partial charge >= 0.3 is 0 Å². The van der Waals surface area contributed by atoms with Crippen LogP contribution in [0.4, 0.5) is 0 Å². The molecule has 2 aromatic rings. The summed E-state index contributed by atoms with van der Waals surface area (Å²) in [4.78, 5) is 0. The molecule has 3 heteroatoms. The van der Waals surface area contributed by atoms with E-state index >= 15 is 0 Å². The highest BCUT2D eigenvalue weighted by Gasteiger charge is 2.05. The van der Waals surface area contributed by atoms with Crippen molar-refractivity contribution in [3.63, 3.8) is 0 Å². The number of nitrogens with one attached hydrogen (secondary N) is 1. The maximum atomic E-state index is 5.85. The SMILES string of the molecule is C=C(CCc1ccccc1)NCCCCCc1ccc(OC)c(C(=C)N)c1. The predicted octanol–water partition coefficient (Wildman–Crippen LogP) is 5.07. The number of nitrogens with two attached hydrogens (primary N) is 1. The number of ether oxygens (including phenoxy) is 1. The lowest BCUT2D eigenvalue weighted by molar-refractivity contribution is 0.413. The standard InChI is InChI=1S/C24H32N2O/c1-19(13-14-21-10-6-4-7-11-21)26-17-9-5-8-12-22-15-16-24(27-3)23(18-22)20(2)25/h4,6-7,10-11,15-16,18,26H,1-2,5,8-9,12-14,17,25H2,3H3. The molecule has 0 aliphatic rings. The highest BCUT2D eigenvalue weighted by Crippen LogP contribution is 2.24. The third kappa shape index (κ3) is 7.22. The van der Waals surface area contributed by atoms with Crippen molar-refractivity contribution >= 4 is 5.70 Å². The molecule has 0 saturated carbocycles. The maximum absolute atomic E-state index is 5.85. The molecule has 0 unspecified atom stereocenters. The molecule has 0 radical (unpaired) electrons. The summed E-state index contributed by atoms with van der Waals surface area (Å²) in [6, 6.07) is 16.7. The molecular weight excluding hydrogens is 332 g/mol. The Morgan fingerprint density at radius 2 is 1.74 bits per heavy atom. The maximum Gasteiger partial charge on any atom is 0.128 e. The summed E-state index contributed by atoms with van der Waals surface area (Å²) in [7, 11) is 1.65. The minimum absolute atomic E-state index is 0.548. The average molecular weight is 365 g/mol. The number of rotatable bonds is 12. The number of methoxy groups -OCH3 is 1. The van der Waals surface area contributed by atoms with Crippen LogP contribution in [0.15, 0.2) is 67.4 Å². The van der Waals surface area contributed by atoms with Crippen molar-refractivity contribution in [1.82, 2.24) is 5.32 Å². The molecular formula is C24H32N2O. The van der Waals surface area contributed by atoms with Crippen LogP contribution in [0.2, 0.25) is 0 Å². The third-order valence-corrected chi connectivity index (χ3v) is 4.69. The first kappa shape index (κ1) is 20.6. The molecule has 0 bridgehead atoms. The molecule has 0 aromatic heterocycles. The molecule has 3 N–H and O–H groups in total. The van der Waals surface area contributed by atoms with Crippen LogP contribution in [-0.2, 0) is 12.8 Å². The molecule has 2 aromatic carbocycles. The summed E-state index contributed by atoms with van der Waals surface area (Å²) in [6.45, 7) is 8.95. The van der Waals surface area contributed by atoms with E-state index in [9.17, 15) is 0 Å². The van der Waals surface area contributed by atoms with Crippen LogP contribution in [0.5, 0.6) is 5.75 Å². The zero-order chi connectivity index (χ0) is 19.5. The molecule has 3 nitrogen and oxygen atoms in total. The van der Waals surface area contributed by atoms with Gasteiger partial charge in [-0.25, -0.2) is 0 Å². The molecule has 144 valence electrons. The van der Waals surface area contributed by atoms with Crippen LogP contribution in [-0.4, -0.2) is 13.7 Å². The molecule has 0 heterocycles. The predicted molar refractivity (Wildman–Crippen MR) is 116 cm³/mol. The molecule has 2 rings (SSSR count). The Labute approximate surface area is 163 Å². The van der Waals surface area contributed by atoms with Gasteiger partial charge in [0.05, 0.1) is 7.11 Å². The van der Waals surface area contributed by atoms with Crippen molar-refractivity contribution < 1.29 is 4.74 Å². The van der Waals surface area contributed by atoms with E-state index in [1.54, 1.807) is 7.11 Å². The molecule has 0 saturated heterocycles. The van der Waals surface area contributed by atoms with Gasteiger partial charge in [0.15, 0.2) is 0 Å². The highest BCUT2D eigenvalue weighted by molar-refractivity contribution is 5.66. The quantitative estimate of drug-likeness (QED) is 0.517. The van der Waals surface area contributed by atoms with E-state index in [0.717, 1.165) is 55.7 Å². The Morgan fingerprint density at radius 1 is 0.963 bits per heavy atom. The van der Waals surface area contributed by atoms with E-state index in [1.165, 1.54) is 17.5 Å². The first-order valence-electron chi connectivity index (χ1n) is 9.67. The second-order valence-corrected chi connectivity index (χ2v) is 6.89. The van der Waals surface area contributed by atoms with Gasteiger partial charge in [-0.3, -0.25) is 0 Å². The summed E-state index contributed by atoms with van der Waals surface area (Å²) in [5, 5.41) is 3.45. The van der Waals surface area contributed by atoms with E-state index in [2.05, 4.69) is 60.9 Å². The molecule has 0 fully saturated rings. The Morgan fingerprint density at radius 3 is 2.44 bits per heavy atom. The van der Waals surface area contributed by atoms with Crippen LogP contribution >= 0.6 is 0 Å². The van der Waals surface area contributed by atoms with Crippen molar-refractivity contribution in [2.24, 2.45) is 5.73 Å². The van der Waals surface area contributed by atoms with Crippen LogP contribution in [0.25, 0.3) is 5.70 Å². The Balaban J connectivity index is 1.61. The van der Waals surface area contributed by atoms with Crippen molar-refractivity contribution in [2.45, 2.75) is 38.5 Å². The fourth-order valence-corrected chi connectivity index (χ4v) is 3.09. The van der Waals surface area contributed by atoms with E-state index in [4.69, 9.17) is 10.5 Å². The van der Waals surface area contributed by atoms with Gasteiger partial charge < -0.3 is 15.8 Å². The number of benzene rings is 2. The lowest BCUT2D eigenvalue weighted by atomic mass is 10.0. The van der Waals surface area contributed by atoms with Gasteiger partial charge in [-0.1, -0.05) is 56.0 Å². The van der Waals surface area contributed by atoms with Gasteiger partial charge in [0.1, 0.15) is 5.75 Å². The van der Waals surface area contributed by atoms with Crippen molar-refractivity contribution in [2.75, 3.05) is 13.7 Å². The summed E-state index contributed by atoms with van der Waals surface area (Å²) in [5.74, 6) is 0.782. The molecule has 0 spiro atoms. The zero-order valence-electron chi connectivity index (χ0n) is 16.5. The topological polar surface area (TPSA) is 47.3 Å². The second kappa shape index (κ2) is 11.1. The number of unbranched alkanes of at least 4 members (excludes halogenated alkanes) is 2. The minimum atomic E-state index is 0.548. The lowest BCUT2D eigenvalue weighted by Gasteiger charge is -2.11. The largest absolute Gasteiger partial charge is 0.496 e. The van der Waals surface area contributed by atoms with Gasteiger partial charge in [-0.2, -0.15) is 0 Å². The molecule has 0 atom stereocenters. The van der Waals surface area contributed by atoms with Crippen molar-refractivity contribution in [3.05, 3.63) is 84.1 Å². The monoisotopic (exact) mass is 364 g/mol. The van der Waals surface area contributed by atoms with E-state index < -0.39 is 0 Å². The van der Waals surface area contributed by atoms with E-state index in [0.29, 0.717) is 5.70 Å². The first-order valence-corrected chi connectivity index (χ1v) is 9.67. The zero-order valence-corrected chi connectivity index (χ0v) is 16.5. The smallest absolute Gasteiger partial charge is 0.128 e.